The van der Waals surface area contributed by atoms with Crippen LogP contribution in [0.4, 0.5) is 0 Å². The number of carbonyl (C=O) groups is 1. The van der Waals surface area contributed by atoms with Crippen molar-refractivity contribution in [2.45, 2.75) is 6.61 Å². The quantitative estimate of drug-likeness (QED) is 0.378. The van der Waals surface area contributed by atoms with Crippen molar-refractivity contribution in [3.8, 4) is 5.75 Å². The summed E-state index contributed by atoms with van der Waals surface area (Å²) >= 11 is 12.3. The SMILES string of the molecule is O=C1OC(c2ccccc2Cl)=N/C1=C/c1cccc(OCc2ccccc2Cl)c1. The van der Waals surface area contributed by atoms with Gasteiger partial charge in [-0.1, -0.05) is 65.7 Å². The van der Waals surface area contributed by atoms with Crippen molar-refractivity contribution in [1.29, 1.82) is 0 Å². The Morgan fingerprint density at radius 1 is 0.931 bits per heavy atom. The van der Waals surface area contributed by atoms with Crippen molar-refractivity contribution in [2.75, 3.05) is 0 Å². The van der Waals surface area contributed by atoms with Crippen LogP contribution in [0.25, 0.3) is 6.08 Å². The molecule has 3 aromatic carbocycles. The highest BCUT2D eigenvalue weighted by Crippen LogP contribution is 2.25. The van der Waals surface area contributed by atoms with Gasteiger partial charge in [-0.15, -0.1) is 0 Å². The molecule has 4 nitrogen and oxygen atoms in total. The summed E-state index contributed by atoms with van der Waals surface area (Å²) in [6.07, 6.45) is 1.65. The number of benzene rings is 3. The van der Waals surface area contributed by atoms with Crippen LogP contribution in [-0.2, 0) is 16.1 Å². The normalized spacial score (nSPS) is 14.6. The van der Waals surface area contributed by atoms with Crippen LogP contribution >= 0.6 is 23.2 Å². The van der Waals surface area contributed by atoms with E-state index in [4.69, 9.17) is 32.7 Å². The highest BCUT2D eigenvalue weighted by molar-refractivity contribution is 6.34. The fraction of sp³-hybridized carbons (Fsp3) is 0.0435. The average molecular weight is 424 g/mol. The third-order valence-corrected chi connectivity index (χ3v) is 4.94. The lowest BCUT2D eigenvalue weighted by atomic mass is 10.2. The highest BCUT2D eigenvalue weighted by Gasteiger charge is 2.25. The van der Waals surface area contributed by atoms with Gasteiger partial charge in [0, 0.05) is 10.6 Å². The minimum Gasteiger partial charge on any atom is -0.489 e. The van der Waals surface area contributed by atoms with Gasteiger partial charge in [-0.25, -0.2) is 9.79 Å². The molecular weight excluding hydrogens is 409 g/mol. The van der Waals surface area contributed by atoms with Gasteiger partial charge < -0.3 is 9.47 Å². The lowest BCUT2D eigenvalue weighted by Gasteiger charge is -2.08. The predicted octanol–water partition coefficient (Wildman–Crippen LogP) is 5.92. The van der Waals surface area contributed by atoms with Crippen LogP contribution in [0.1, 0.15) is 16.7 Å². The van der Waals surface area contributed by atoms with Gasteiger partial charge in [0.05, 0.1) is 10.6 Å². The first-order valence-electron chi connectivity index (χ1n) is 8.84. The molecule has 0 aliphatic carbocycles. The zero-order valence-corrected chi connectivity index (χ0v) is 16.7. The third kappa shape index (κ3) is 4.50. The summed E-state index contributed by atoms with van der Waals surface area (Å²) in [5.41, 5.74) is 2.43. The molecule has 0 spiro atoms. The van der Waals surface area contributed by atoms with Gasteiger partial charge in [-0.3, -0.25) is 0 Å². The fourth-order valence-electron chi connectivity index (χ4n) is 2.79. The topological polar surface area (TPSA) is 47.9 Å². The summed E-state index contributed by atoms with van der Waals surface area (Å²) in [6.45, 7) is 0.344. The molecule has 0 atom stereocenters. The molecule has 0 N–H and O–H groups in total. The highest BCUT2D eigenvalue weighted by atomic mass is 35.5. The average Bonchev–Trinajstić information content (AvgIpc) is 3.08. The number of hydrogen-bond acceptors (Lipinski definition) is 4. The summed E-state index contributed by atoms with van der Waals surface area (Å²) in [5.74, 6) is 0.321. The van der Waals surface area contributed by atoms with Crippen molar-refractivity contribution in [1.82, 2.24) is 0 Å². The monoisotopic (exact) mass is 423 g/mol. The maximum absolute atomic E-state index is 12.2. The van der Waals surface area contributed by atoms with Crippen LogP contribution in [0.5, 0.6) is 5.75 Å². The van der Waals surface area contributed by atoms with Crippen LogP contribution in [0, 0.1) is 0 Å². The van der Waals surface area contributed by atoms with E-state index >= 15 is 0 Å². The Morgan fingerprint density at radius 2 is 1.69 bits per heavy atom. The fourth-order valence-corrected chi connectivity index (χ4v) is 3.19. The predicted molar refractivity (Wildman–Crippen MR) is 114 cm³/mol. The molecule has 0 saturated heterocycles. The molecular formula is C23H15Cl2NO3. The number of halogens is 2. The summed E-state index contributed by atoms with van der Waals surface area (Å²) in [5, 5.41) is 1.12. The molecule has 0 radical (unpaired) electrons. The number of hydrogen-bond donors (Lipinski definition) is 0. The van der Waals surface area contributed by atoms with Crippen LogP contribution in [0.2, 0.25) is 10.0 Å². The lowest BCUT2D eigenvalue weighted by molar-refractivity contribution is -0.129. The van der Waals surface area contributed by atoms with E-state index in [0.717, 1.165) is 11.1 Å². The number of carbonyl (C=O) groups excluding carboxylic acids is 1. The molecule has 3 aromatic rings. The number of nitrogens with zero attached hydrogens (tertiary/aromatic N) is 1. The van der Waals surface area contributed by atoms with E-state index in [-0.39, 0.29) is 11.6 Å². The zero-order chi connectivity index (χ0) is 20.2. The van der Waals surface area contributed by atoms with Crippen LogP contribution in [0.3, 0.4) is 0 Å². The minimum absolute atomic E-state index is 0.193. The maximum atomic E-state index is 12.2. The van der Waals surface area contributed by atoms with E-state index in [2.05, 4.69) is 4.99 Å². The Morgan fingerprint density at radius 3 is 2.48 bits per heavy atom. The first-order chi connectivity index (χ1) is 14.1. The first-order valence-corrected chi connectivity index (χ1v) is 9.59. The van der Waals surface area contributed by atoms with E-state index < -0.39 is 5.97 Å². The molecule has 144 valence electrons. The Hall–Kier alpha value is -3.08. The maximum Gasteiger partial charge on any atom is 0.363 e. The second-order valence-corrected chi connectivity index (χ2v) is 7.08. The summed E-state index contributed by atoms with van der Waals surface area (Å²) in [7, 11) is 0. The molecule has 0 bridgehead atoms. The Bertz CT molecular complexity index is 1140. The molecule has 0 saturated carbocycles. The van der Waals surface area contributed by atoms with E-state index in [1.165, 1.54) is 0 Å². The zero-order valence-electron chi connectivity index (χ0n) is 15.1. The van der Waals surface area contributed by atoms with Crippen molar-refractivity contribution in [3.05, 3.63) is 105 Å². The summed E-state index contributed by atoms with van der Waals surface area (Å²) in [4.78, 5) is 16.5. The van der Waals surface area contributed by atoms with Gasteiger partial charge in [0.25, 0.3) is 0 Å². The molecule has 1 heterocycles. The van der Waals surface area contributed by atoms with Crippen LogP contribution < -0.4 is 4.74 Å². The smallest absolute Gasteiger partial charge is 0.363 e. The van der Waals surface area contributed by atoms with Gasteiger partial charge in [-0.05, 0) is 42.0 Å². The van der Waals surface area contributed by atoms with Gasteiger partial charge in [0.15, 0.2) is 5.70 Å². The molecule has 1 aliphatic rings. The standard InChI is InChI=1S/C23H15Cl2NO3/c24-19-10-3-1-7-16(19)14-28-17-8-5-6-15(12-17)13-21-23(27)29-22(26-21)18-9-2-4-11-20(18)25/h1-13H,14H2/b21-13+. The second-order valence-electron chi connectivity index (χ2n) is 6.27. The largest absolute Gasteiger partial charge is 0.489 e. The van der Waals surface area contributed by atoms with Crippen molar-refractivity contribution < 1.29 is 14.3 Å². The Labute approximate surface area is 178 Å². The third-order valence-electron chi connectivity index (χ3n) is 4.24. The van der Waals surface area contributed by atoms with Gasteiger partial charge >= 0.3 is 5.97 Å². The van der Waals surface area contributed by atoms with E-state index in [1.54, 1.807) is 30.3 Å². The molecule has 6 heteroatoms. The Balaban J connectivity index is 1.54. The molecule has 0 unspecified atom stereocenters. The molecule has 4 rings (SSSR count). The summed E-state index contributed by atoms with van der Waals surface area (Å²) < 4.78 is 11.1. The molecule has 0 fully saturated rings. The van der Waals surface area contributed by atoms with Gasteiger partial charge in [0.2, 0.25) is 5.90 Å². The van der Waals surface area contributed by atoms with Crippen LogP contribution in [-0.4, -0.2) is 11.9 Å². The Kier molecular flexibility index (Phi) is 5.65. The van der Waals surface area contributed by atoms with E-state index in [1.807, 2.05) is 48.5 Å². The van der Waals surface area contributed by atoms with Gasteiger partial charge in [-0.2, -0.15) is 0 Å². The minimum atomic E-state index is -0.526. The number of esters is 1. The van der Waals surface area contributed by atoms with Crippen molar-refractivity contribution >= 4 is 41.1 Å². The molecule has 1 aliphatic heterocycles. The van der Waals surface area contributed by atoms with E-state index in [0.29, 0.717) is 28.0 Å². The number of aliphatic imine (C=N–C) groups is 1. The molecule has 29 heavy (non-hydrogen) atoms. The molecule has 0 aromatic heterocycles. The van der Waals surface area contributed by atoms with Crippen molar-refractivity contribution in [3.63, 3.8) is 0 Å². The number of cyclic esters (lactones) is 1. The van der Waals surface area contributed by atoms with E-state index in [9.17, 15) is 4.79 Å². The summed E-state index contributed by atoms with van der Waals surface area (Å²) in [6, 6.07) is 21.9. The van der Waals surface area contributed by atoms with Gasteiger partial charge in [0.1, 0.15) is 12.4 Å². The number of ether oxygens (including phenoxy) is 2. The van der Waals surface area contributed by atoms with Crippen molar-refractivity contribution in [2.24, 2.45) is 4.99 Å². The number of rotatable bonds is 5. The molecule has 0 amide bonds. The second kappa shape index (κ2) is 8.52. The van der Waals surface area contributed by atoms with Crippen LogP contribution in [0.15, 0.2) is 83.5 Å². The lowest BCUT2D eigenvalue weighted by Crippen LogP contribution is -2.05. The first kappa shape index (κ1) is 19.2.